The van der Waals surface area contributed by atoms with Gasteiger partial charge in [0.2, 0.25) is 0 Å². The Morgan fingerprint density at radius 2 is 2.25 bits per heavy atom. The van der Waals surface area contributed by atoms with Gasteiger partial charge in [-0.2, -0.15) is 0 Å². The van der Waals surface area contributed by atoms with Crippen LogP contribution in [0, 0.1) is 11.7 Å². The molecule has 0 radical (unpaired) electrons. The Morgan fingerprint density at radius 3 is 2.85 bits per heavy atom. The van der Waals surface area contributed by atoms with Crippen LogP contribution in [0.1, 0.15) is 25.8 Å². The molecule has 1 unspecified atom stereocenters. The second-order valence-electron chi connectivity index (χ2n) is 5.90. The van der Waals surface area contributed by atoms with E-state index in [2.05, 4.69) is 24.1 Å². The van der Waals surface area contributed by atoms with Crippen LogP contribution in [-0.2, 0) is 11.3 Å². The van der Waals surface area contributed by atoms with Crippen molar-refractivity contribution in [3.05, 3.63) is 29.6 Å². The molecular formula is C16H25FN2O. The van der Waals surface area contributed by atoms with Crippen LogP contribution in [0.2, 0.25) is 0 Å². The molecule has 2 rings (SSSR count). The van der Waals surface area contributed by atoms with Crippen LogP contribution < -0.4 is 10.2 Å². The van der Waals surface area contributed by atoms with Gasteiger partial charge in [0.1, 0.15) is 5.82 Å². The Kier molecular flexibility index (Phi) is 5.38. The number of hydrogen-bond acceptors (Lipinski definition) is 3. The summed E-state index contributed by atoms with van der Waals surface area (Å²) in [6.45, 7) is 7.63. The molecule has 0 bridgehead atoms. The molecule has 1 aliphatic heterocycles. The van der Waals surface area contributed by atoms with Crippen LogP contribution in [0.5, 0.6) is 0 Å². The van der Waals surface area contributed by atoms with Crippen molar-refractivity contribution in [1.29, 1.82) is 0 Å². The Bertz CT molecular complexity index is 436. The molecule has 0 aromatic heterocycles. The van der Waals surface area contributed by atoms with E-state index >= 15 is 0 Å². The van der Waals surface area contributed by atoms with E-state index in [1.54, 1.807) is 13.2 Å². The Labute approximate surface area is 121 Å². The van der Waals surface area contributed by atoms with Gasteiger partial charge in [-0.05, 0) is 36.6 Å². The molecular weight excluding hydrogens is 255 g/mol. The van der Waals surface area contributed by atoms with E-state index in [0.717, 1.165) is 38.2 Å². The maximum atomic E-state index is 14.2. The predicted molar refractivity (Wildman–Crippen MR) is 80.6 cm³/mol. The zero-order valence-electron chi connectivity index (χ0n) is 12.7. The molecule has 1 saturated heterocycles. The second-order valence-corrected chi connectivity index (χ2v) is 5.90. The molecule has 1 fully saturated rings. The standard InChI is InChI=1S/C16H25FN2O/c1-12(2)9-18-10-13-4-5-16(15(17)8-13)19-7-6-14(11-19)20-3/h4-5,8,12,14,18H,6-7,9-11H2,1-3H3. The summed E-state index contributed by atoms with van der Waals surface area (Å²) in [6.07, 6.45) is 1.19. The first kappa shape index (κ1) is 15.3. The number of anilines is 1. The molecule has 1 aromatic carbocycles. The van der Waals surface area contributed by atoms with Crippen molar-refractivity contribution in [3.8, 4) is 0 Å². The Balaban J connectivity index is 1.96. The van der Waals surface area contributed by atoms with E-state index in [9.17, 15) is 4.39 Å². The third kappa shape index (κ3) is 3.93. The van der Waals surface area contributed by atoms with Gasteiger partial charge in [-0.25, -0.2) is 4.39 Å². The highest BCUT2D eigenvalue weighted by molar-refractivity contribution is 5.50. The van der Waals surface area contributed by atoms with Gasteiger partial charge in [-0.3, -0.25) is 0 Å². The zero-order valence-corrected chi connectivity index (χ0v) is 12.7. The molecule has 1 N–H and O–H groups in total. The molecule has 1 aromatic rings. The van der Waals surface area contributed by atoms with E-state index in [1.165, 1.54) is 0 Å². The molecule has 3 nitrogen and oxygen atoms in total. The van der Waals surface area contributed by atoms with Gasteiger partial charge in [0.15, 0.2) is 0 Å². The summed E-state index contributed by atoms with van der Waals surface area (Å²) in [4.78, 5) is 2.06. The number of ether oxygens (including phenoxy) is 1. The molecule has 20 heavy (non-hydrogen) atoms. The second kappa shape index (κ2) is 7.04. The minimum Gasteiger partial charge on any atom is -0.380 e. The van der Waals surface area contributed by atoms with Gasteiger partial charge in [0.25, 0.3) is 0 Å². The molecule has 0 amide bonds. The van der Waals surface area contributed by atoms with Gasteiger partial charge >= 0.3 is 0 Å². The lowest BCUT2D eigenvalue weighted by Gasteiger charge is -2.19. The number of halogens is 1. The fourth-order valence-electron chi connectivity index (χ4n) is 2.56. The van der Waals surface area contributed by atoms with Gasteiger partial charge in [-0.1, -0.05) is 19.9 Å². The van der Waals surface area contributed by atoms with E-state index in [0.29, 0.717) is 11.6 Å². The van der Waals surface area contributed by atoms with Crippen LogP contribution in [-0.4, -0.2) is 32.8 Å². The minimum atomic E-state index is -0.134. The van der Waals surface area contributed by atoms with Crippen molar-refractivity contribution in [2.45, 2.75) is 32.9 Å². The smallest absolute Gasteiger partial charge is 0.146 e. The van der Waals surface area contributed by atoms with Crippen molar-refractivity contribution < 1.29 is 9.13 Å². The third-order valence-electron chi connectivity index (χ3n) is 3.71. The SMILES string of the molecule is COC1CCN(c2ccc(CNCC(C)C)cc2F)C1. The normalized spacial score (nSPS) is 19.1. The lowest BCUT2D eigenvalue weighted by molar-refractivity contribution is 0.121. The number of benzene rings is 1. The lowest BCUT2D eigenvalue weighted by Crippen LogP contribution is -2.23. The first-order valence-corrected chi connectivity index (χ1v) is 7.37. The molecule has 1 heterocycles. The van der Waals surface area contributed by atoms with Crippen LogP contribution >= 0.6 is 0 Å². The first-order chi connectivity index (χ1) is 9.60. The number of methoxy groups -OCH3 is 1. The van der Waals surface area contributed by atoms with E-state index < -0.39 is 0 Å². The van der Waals surface area contributed by atoms with Gasteiger partial charge in [-0.15, -0.1) is 0 Å². The summed E-state index contributed by atoms with van der Waals surface area (Å²) in [5.41, 5.74) is 1.69. The average Bonchev–Trinajstić information content (AvgIpc) is 2.87. The molecule has 0 saturated carbocycles. The van der Waals surface area contributed by atoms with Gasteiger partial charge in [0, 0.05) is 26.7 Å². The number of hydrogen-bond donors (Lipinski definition) is 1. The summed E-state index contributed by atoms with van der Waals surface area (Å²) < 4.78 is 19.5. The average molecular weight is 280 g/mol. The number of nitrogens with zero attached hydrogens (tertiary/aromatic N) is 1. The van der Waals surface area contributed by atoms with E-state index in [4.69, 9.17) is 4.74 Å². The molecule has 112 valence electrons. The van der Waals surface area contributed by atoms with Crippen LogP contribution in [0.15, 0.2) is 18.2 Å². The van der Waals surface area contributed by atoms with Crippen LogP contribution in [0.25, 0.3) is 0 Å². The van der Waals surface area contributed by atoms with Gasteiger partial charge in [0.05, 0.1) is 11.8 Å². The van der Waals surface area contributed by atoms with E-state index in [-0.39, 0.29) is 11.9 Å². The van der Waals surface area contributed by atoms with E-state index in [1.807, 2.05) is 12.1 Å². The third-order valence-corrected chi connectivity index (χ3v) is 3.71. The fourth-order valence-corrected chi connectivity index (χ4v) is 2.56. The summed E-state index contributed by atoms with van der Waals surface area (Å²) in [5, 5.41) is 3.33. The maximum Gasteiger partial charge on any atom is 0.146 e. The first-order valence-electron chi connectivity index (χ1n) is 7.37. The highest BCUT2D eigenvalue weighted by Crippen LogP contribution is 2.25. The predicted octanol–water partition coefficient (Wildman–Crippen LogP) is 2.80. The van der Waals surface area contributed by atoms with Crippen molar-refractivity contribution in [2.24, 2.45) is 5.92 Å². The highest BCUT2D eigenvalue weighted by Gasteiger charge is 2.24. The monoisotopic (exact) mass is 280 g/mol. The topological polar surface area (TPSA) is 24.5 Å². The Hall–Kier alpha value is -1.13. The number of nitrogens with one attached hydrogen (secondary N) is 1. The molecule has 4 heteroatoms. The number of rotatable bonds is 6. The van der Waals surface area contributed by atoms with Crippen molar-refractivity contribution >= 4 is 5.69 Å². The van der Waals surface area contributed by atoms with Crippen LogP contribution in [0.4, 0.5) is 10.1 Å². The molecule has 0 aliphatic carbocycles. The lowest BCUT2D eigenvalue weighted by atomic mass is 10.1. The highest BCUT2D eigenvalue weighted by atomic mass is 19.1. The molecule has 1 atom stereocenters. The van der Waals surface area contributed by atoms with Gasteiger partial charge < -0.3 is 15.0 Å². The molecule has 0 spiro atoms. The summed E-state index contributed by atoms with van der Waals surface area (Å²) in [5.74, 6) is 0.472. The quantitative estimate of drug-likeness (QED) is 0.867. The summed E-state index contributed by atoms with van der Waals surface area (Å²) >= 11 is 0. The maximum absolute atomic E-state index is 14.2. The summed E-state index contributed by atoms with van der Waals surface area (Å²) in [7, 11) is 1.72. The summed E-state index contributed by atoms with van der Waals surface area (Å²) in [6, 6.07) is 5.54. The van der Waals surface area contributed by atoms with Crippen molar-refractivity contribution in [3.63, 3.8) is 0 Å². The van der Waals surface area contributed by atoms with Crippen LogP contribution in [0.3, 0.4) is 0 Å². The molecule has 1 aliphatic rings. The minimum absolute atomic E-state index is 0.134. The fraction of sp³-hybridized carbons (Fsp3) is 0.625. The largest absolute Gasteiger partial charge is 0.380 e. The zero-order chi connectivity index (χ0) is 14.5. The van der Waals surface area contributed by atoms with Crippen molar-refractivity contribution in [2.75, 3.05) is 31.6 Å². The Morgan fingerprint density at radius 1 is 1.45 bits per heavy atom. The van der Waals surface area contributed by atoms with Crippen molar-refractivity contribution in [1.82, 2.24) is 5.32 Å².